The second kappa shape index (κ2) is 5.98. The molecule has 0 aliphatic carbocycles. The third kappa shape index (κ3) is 4.07. The molecular weight excluding hydrogens is 194 g/mol. The molecular formula is C10H17N3S. The average Bonchev–Trinajstić information content (AvgIpc) is 2.17. The van der Waals surface area contributed by atoms with Crippen LogP contribution in [0.5, 0.6) is 0 Å². The Hall–Kier alpha value is -0.610. The summed E-state index contributed by atoms with van der Waals surface area (Å²) in [5, 5.41) is 3.33. The zero-order chi connectivity index (χ0) is 10.4. The summed E-state index contributed by atoms with van der Waals surface area (Å²) >= 11 is 1.74. The van der Waals surface area contributed by atoms with E-state index in [1.165, 1.54) is 0 Å². The van der Waals surface area contributed by atoms with Crippen LogP contribution in [0.25, 0.3) is 0 Å². The lowest BCUT2D eigenvalue weighted by Crippen LogP contribution is -2.22. The van der Waals surface area contributed by atoms with E-state index in [0.29, 0.717) is 6.04 Å². The van der Waals surface area contributed by atoms with Crippen molar-refractivity contribution in [1.29, 1.82) is 0 Å². The first-order chi connectivity index (χ1) is 6.72. The van der Waals surface area contributed by atoms with Gasteiger partial charge in [0.25, 0.3) is 0 Å². The van der Waals surface area contributed by atoms with E-state index in [-0.39, 0.29) is 0 Å². The van der Waals surface area contributed by atoms with Gasteiger partial charge in [0.2, 0.25) is 0 Å². The molecule has 1 heterocycles. The molecule has 1 aromatic rings. The van der Waals surface area contributed by atoms with Crippen LogP contribution < -0.4 is 5.32 Å². The Kier molecular flexibility index (Phi) is 4.90. The van der Waals surface area contributed by atoms with Crippen LogP contribution in [0.3, 0.4) is 0 Å². The van der Waals surface area contributed by atoms with Crippen molar-refractivity contribution in [3.05, 3.63) is 23.8 Å². The van der Waals surface area contributed by atoms with Gasteiger partial charge in [-0.1, -0.05) is 13.8 Å². The first kappa shape index (κ1) is 11.5. The van der Waals surface area contributed by atoms with Gasteiger partial charge in [-0.2, -0.15) is 11.8 Å². The predicted octanol–water partition coefficient (Wildman–Crippen LogP) is 1.84. The Morgan fingerprint density at radius 3 is 2.50 bits per heavy atom. The largest absolute Gasteiger partial charge is 0.310 e. The molecule has 0 spiro atoms. The third-order valence-electron chi connectivity index (χ3n) is 1.75. The Morgan fingerprint density at radius 2 is 2.00 bits per heavy atom. The van der Waals surface area contributed by atoms with Crippen LogP contribution >= 0.6 is 11.8 Å². The summed E-state index contributed by atoms with van der Waals surface area (Å²) in [6, 6.07) is 0.501. The van der Waals surface area contributed by atoms with Crippen molar-refractivity contribution in [1.82, 2.24) is 15.3 Å². The standard InChI is InChI=1S/C10H17N3S/c1-8(2)11-4-9-5-12-10(7-14-3)13-6-9/h5-6,8,11H,4,7H2,1-3H3. The first-order valence-electron chi connectivity index (χ1n) is 4.74. The molecule has 78 valence electrons. The van der Waals surface area contributed by atoms with Crippen LogP contribution in [0.15, 0.2) is 12.4 Å². The maximum absolute atomic E-state index is 4.27. The molecule has 1 aromatic heterocycles. The maximum atomic E-state index is 4.27. The molecule has 1 rings (SSSR count). The second-order valence-electron chi connectivity index (χ2n) is 3.48. The highest BCUT2D eigenvalue weighted by molar-refractivity contribution is 7.97. The fourth-order valence-electron chi connectivity index (χ4n) is 0.998. The van der Waals surface area contributed by atoms with Crippen LogP contribution in [0.2, 0.25) is 0 Å². The molecule has 0 aromatic carbocycles. The van der Waals surface area contributed by atoms with Gasteiger partial charge in [0, 0.05) is 30.5 Å². The fraction of sp³-hybridized carbons (Fsp3) is 0.600. The highest BCUT2D eigenvalue weighted by Gasteiger charge is 1.98. The van der Waals surface area contributed by atoms with E-state index in [1.54, 1.807) is 11.8 Å². The summed E-state index contributed by atoms with van der Waals surface area (Å²) in [6.45, 7) is 5.10. The van der Waals surface area contributed by atoms with Crippen molar-refractivity contribution in [3.8, 4) is 0 Å². The second-order valence-corrected chi connectivity index (χ2v) is 4.34. The van der Waals surface area contributed by atoms with Crippen molar-refractivity contribution in [2.75, 3.05) is 6.26 Å². The van der Waals surface area contributed by atoms with Gasteiger partial charge in [0.15, 0.2) is 0 Å². The van der Waals surface area contributed by atoms with E-state index in [9.17, 15) is 0 Å². The third-order valence-corrected chi connectivity index (χ3v) is 2.29. The summed E-state index contributed by atoms with van der Waals surface area (Å²) < 4.78 is 0. The van der Waals surface area contributed by atoms with Gasteiger partial charge in [-0.05, 0) is 6.26 Å². The summed E-state index contributed by atoms with van der Waals surface area (Å²) in [5.41, 5.74) is 1.14. The summed E-state index contributed by atoms with van der Waals surface area (Å²) in [6.07, 6.45) is 5.85. The first-order valence-corrected chi connectivity index (χ1v) is 6.14. The molecule has 0 bridgehead atoms. The van der Waals surface area contributed by atoms with Crippen molar-refractivity contribution >= 4 is 11.8 Å². The zero-order valence-corrected chi connectivity index (χ0v) is 9.77. The maximum Gasteiger partial charge on any atom is 0.138 e. The Morgan fingerprint density at radius 1 is 1.36 bits per heavy atom. The van der Waals surface area contributed by atoms with Gasteiger partial charge >= 0.3 is 0 Å². The number of hydrogen-bond donors (Lipinski definition) is 1. The van der Waals surface area contributed by atoms with Crippen molar-refractivity contribution in [2.45, 2.75) is 32.2 Å². The van der Waals surface area contributed by atoms with Gasteiger partial charge in [0.05, 0.1) is 5.75 Å². The number of hydrogen-bond acceptors (Lipinski definition) is 4. The molecule has 0 saturated carbocycles. The fourth-order valence-corrected chi connectivity index (χ4v) is 1.41. The minimum atomic E-state index is 0.501. The van der Waals surface area contributed by atoms with Crippen LogP contribution in [0, 0.1) is 0 Å². The lowest BCUT2D eigenvalue weighted by Gasteiger charge is -2.07. The van der Waals surface area contributed by atoms with Crippen LogP contribution in [-0.2, 0) is 12.3 Å². The lowest BCUT2D eigenvalue weighted by atomic mass is 10.3. The van der Waals surface area contributed by atoms with Gasteiger partial charge in [-0.3, -0.25) is 0 Å². The van der Waals surface area contributed by atoms with E-state index in [4.69, 9.17) is 0 Å². The minimum Gasteiger partial charge on any atom is -0.310 e. The Labute approximate surface area is 89.7 Å². The van der Waals surface area contributed by atoms with E-state index in [1.807, 2.05) is 12.4 Å². The van der Waals surface area contributed by atoms with E-state index >= 15 is 0 Å². The van der Waals surface area contributed by atoms with Crippen molar-refractivity contribution < 1.29 is 0 Å². The molecule has 1 N–H and O–H groups in total. The van der Waals surface area contributed by atoms with E-state index in [2.05, 4.69) is 35.4 Å². The topological polar surface area (TPSA) is 37.8 Å². The highest BCUT2D eigenvalue weighted by Crippen LogP contribution is 2.03. The number of thioether (sulfide) groups is 1. The number of aromatic nitrogens is 2. The van der Waals surface area contributed by atoms with Crippen LogP contribution in [0.1, 0.15) is 25.2 Å². The number of nitrogens with zero attached hydrogens (tertiary/aromatic N) is 2. The molecule has 0 aliphatic heterocycles. The predicted molar refractivity (Wildman–Crippen MR) is 61.2 cm³/mol. The summed E-state index contributed by atoms with van der Waals surface area (Å²) in [7, 11) is 0. The molecule has 0 saturated heterocycles. The molecule has 0 fully saturated rings. The Balaban J connectivity index is 2.46. The molecule has 0 radical (unpaired) electrons. The SMILES string of the molecule is CSCc1ncc(CNC(C)C)cn1. The molecule has 0 aliphatic rings. The number of nitrogens with one attached hydrogen (secondary N) is 1. The smallest absolute Gasteiger partial charge is 0.138 e. The molecule has 0 atom stereocenters. The van der Waals surface area contributed by atoms with Gasteiger partial charge < -0.3 is 5.32 Å². The van der Waals surface area contributed by atoms with Gasteiger partial charge in [-0.25, -0.2) is 9.97 Å². The molecule has 0 amide bonds. The molecule has 4 heteroatoms. The quantitative estimate of drug-likeness (QED) is 0.806. The van der Waals surface area contributed by atoms with Gasteiger partial charge in [-0.15, -0.1) is 0 Å². The van der Waals surface area contributed by atoms with Crippen molar-refractivity contribution in [2.24, 2.45) is 0 Å². The molecule has 14 heavy (non-hydrogen) atoms. The van der Waals surface area contributed by atoms with Gasteiger partial charge in [0.1, 0.15) is 5.82 Å². The lowest BCUT2D eigenvalue weighted by molar-refractivity contribution is 0.586. The minimum absolute atomic E-state index is 0.501. The molecule has 3 nitrogen and oxygen atoms in total. The Bertz CT molecular complexity index is 259. The number of rotatable bonds is 5. The summed E-state index contributed by atoms with van der Waals surface area (Å²) in [4.78, 5) is 8.55. The van der Waals surface area contributed by atoms with Crippen LogP contribution in [-0.4, -0.2) is 22.3 Å². The van der Waals surface area contributed by atoms with E-state index in [0.717, 1.165) is 23.7 Å². The van der Waals surface area contributed by atoms with Crippen molar-refractivity contribution in [3.63, 3.8) is 0 Å². The van der Waals surface area contributed by atoms with Crippen LogP contribution in [0.4, 0.5) is 0 Å². The summed E-state index contributed by atoms with van der Waals surface area (Å²) in [5.74, 6) is 1.79. The highest BCUT2D eigenvalue weighted by atomic mass is 32.2. The normalized spacial score (nSPS) is 10.9. The monoisotopic (exact) mass is 211 g/mol. The average molecular weight is 211 g/mol. The molecule has 0 unspecified atom stereocenters. The zero-order valence-electron chi connectivity index (χ0n) is 8.95. The van der Waals surface area contributed by atoms with E-state index < -0.39 is 0 Å².